The van der Waals surface area contributed by atoms with Crippen molar-refractivity contribution in [1.29, 1.82) is 0 Å². The first kappa shape index (κ1) is 17.1. The van der Waals surface area contributed by atoms with Gasteiger partial charge in [-0.1, -0.05) is 20.8 Å². The first-order chi connectivity index (χ1) is 7.99. The highest BCUT2D eigenvalue weighted by Gasteiger charge is 2.16. The molecule has 0 spiro atoms. The Bertz CT molecular complexity index is 252. The molecule has 0 aliphatic heterocycles. The molecule has 1 N–H and O–H groups in total. The van der Waals surface area contributed by atoms with E-state index in [0.29, 0.717) is 25.0 Å². The van der Waals surface area contributed by atoms with Gasteiger partial charge < -0.3 is 5.32 Å². The quantitative estimate of drug-likeness (QED) is 0.739. The van der Waals surface area contributed by atoms with Crippen LogP contribution in [0.15, 0.2) is 0 Å². The molecule has 0 unspecified atom stereocenters. The maximum atomic E-state index is 11.6. The number of nitrogens with one attached hydrogen (secondary N) is 1. The topological polar surface area (TPSA) is 46.2 Å². The Balaban J connectivity index is 3.69. The van der Waals surface area contributed by atoms with Crippen molar-refractivity contribution in [1.82, 2.24) is 5.32 Å². The Morgan fingerprint density at radius 1 is 0.889 bits per heavy atom. The highest BCUT2D eigenvalue weighted by Crippen LogP contribution is 2.20. The van der Waals surface area contributed by atoms with E-state index in [9.17, 15) is 9.59 Å². The van der Waals surface area contributed by atoms with Gasteiger partial charge >= 0.3 is 0 Å². The standard InChI is InChI=1S/C15H29NO2/c1-14(2,3)11-12(17)9-7-8-10-13(18)16-15(4,5)6/h7-11H2,1-6H3,(H,16,18). The number of hydrogen-bond donors (Lipinski definition) is 1. The Hall–Kier alpha value is -0.860. The fourth-order valence-electron chi connectivity index (χ4n) is 1.77. The van der Waals surface area contributed by atoms with Gasteiger partial charge in [-0.25, -0.2) is 0 Å². The summed E-state index contributed by atoms with van der Waals surface area (Å²) in [6, 6.07) is 0. The lowest BCUT2D eigenvalue weighted by molar-refractivity contribution is -0.123. The third kappa shape index (κ3) is 11.6. The first-order valence-corrected chi connectivity index (χ1v) is 6.82. The maximum Gasteiger partial charge on any atom is 0.220 e. The number of ketones is 1. The molecule has 0 aromatic carbocycles. The first-order valence-electron chi connectivity index (χ1n) is 6.82. The predicted molar refractivity (Wildman–Crippen MR) is 75.4 cm³/mol. The molecule has 1 amide bonds. The van der Waals surface area contributed by atoms with Gasteiger partial charge in [-0.2, -0.15) is 0 Å². The number of hydrogen-bond acceptors (Lipinski definition) is 2. The molecule has 0 fully saturated rings. The Morgan fingerprint density at radius 2 is 1.39 bits per heavy atom. The second kappa shape index (κ2) is 6.91. The minimum atomic E-state index is -0.168. The molecule has 0 aromatic rings. The lowest BCUT2D eigenvalue weighted by Gasteiger charge is -2.20. The third-order valence-electron chi connectivity index (χ3n) is 2.35. The van der Waals surface area contributed by atoms with E-state index in [2.05, 4.69) is 26.1 Å². The van der Waals surface area contributed by atoms with Crippen molar-refractivity contribution < 1.29 is 9.59 Å². The molecule has 0 bridgehead atoms. The number of amides is 1. The molecule has 3 heteroatoms. The van der Waals surface area contributed by atoms with E-state index >= 15 is 0 Å². The number of unbranched alkanes of at least 4 members (excludes halogenated alkanes) is 1. The lowest BCUT2D eigenvalue weighted by Crippen LogP contribution is -2.40. The highest BCUT2D eigenvalue weighted by atomic mass is 16.1. The van der Waals surface area contributed by atoms with Crippen molar-refractivity contribution in [3.05, 3.63) is 0 Å². The van der Waals surface area contributed by atoms with Crippen LogP contribution in [0.4, 0.5) is 0 Å². The molecule has 0 aliphatic rings. The van der Waals surface area contributed by atoms with E-state index in [1.807, 2.05) is 20.8 Å². The van der Waals surface area contributed by atoms with E-state index in [4.69, 9.17) is 0 Å². The summed E-state index contributed by atoms with van der Waals surface area (Å²) in [7, 11) is 0. The minimum absolute atomic E-state index is 0.0701. The molecule has 0 saturated heterocycles. The molecule has 0 rings (SSSR count). The summed E-state index contributed by atoms with van der Waals surface area (Å²) in [6.07, 6.45) is 3.34. The second-order valence-corrected chi connectivity index (χ2v) is 7.28. The number of carbonyl (C=O) groups is 2. The van der Waals surface area contributed by atoms with Crippen molar-refractivity contribution in [2.75, 3.05) is 0 Å². The summed E-state index contributed by atoms with van der Waals surface area (Å²) in [5.41, 5.74) is -0.0974. The van der Waals surface area contributed by atoms with Crippen LogP contribution < -0.4 is 5.32 Å². The zero-order valence-electron chi connectivity index (χ0n) is 12.9. The largest absolute Gasteiger partial charge is 0.352 e. The SMILES string of the molecule is CC(C)(C)CC(=O)CCCCC(=O)NC(C)(C)C. The zero-order valence-corrected chi connectivity index (χ0v) is 12.9. The third-order valence-corrected chi connectivity index (χ3v) is 2.35. The molecular weight excluding hydrogens is 226 g/mol. The van der Waals surface area contributed by atoms with Gasteiger partial charge in [0.15, 0.2) is 0 Å². The molecule has 0 radical (unpaired) electrons. The number of rotatable bonds is 6. The van der Waals surface area contributed by atoms with Crippen LogP contribution in [0.2, 0.25) is 0 Å². The fraction of sp³-hybridized carbons (Fsp3) is 0.867. The van der Waals surface area contributed by atoms with Gasteiger partial charge in [0, 0.05) is 24.8 Å². The van der Waals surface area contributed by atoms with Crippen molar-refractivity contribution in [3.63, 3.8) is 0 Å². The summed E-state index contributed by atoms with van der Waals surface area (Å²) >= 11 is 0. The number of carbonyl (C=O) groups excluding carboxylic acids is 2. The van der Waals surface area contributed by atoms with Gasteiger partial charge in [-0.15, -0.1) is 0 Å². The normalized spacial score (nSPS) is 12.3. The van der Waals surface area contributed by atoms with Crippen molar-refractivity contribution in [3.8, 4) is 0 Å². The van der Waals surface area contributed by atoms with Gasteiger partial charge in [0.25, 0.3) is 0 Å². The number of Topliss-reactive ketones (excluding diaryl/α,β-unsaturated/α-hetero) is 1. The molecule has 18 heavy (non-hydrogen) atoms. The summed E-state index contributed by atoms with van der Waals surface area (Å²) in [6.45, 7) is 12.1. The Kier molecular flexibility index (Phi) is 6.58. The Morgan fingerprint density at radius 3 is 1.83 bits per heavy atom. The van der Waals surface area contributed by atoms with Gasteiger partial charge in [-0.05, 0) is 39.0 Å². The lowest BCUT2D eigenvalue weighted by atomic mass is 9.88. The molecule has 0 atom stereocenters. The van der Waals surface area contributed by atoms with E-state index in [1.165, 1.54) is 0 Å². The summed E-state index contributed by atoms with van der Waals surface area (Å²) < 4.78 is 0. The second-order valence-electron chi connectivity index (χ2n) is 7.28. The fourth-order valence-corrected chi connectivity index (χ4v) is 1.77. The van der Waals surface area contributed by atoms with Gasteiger partial charge in [0.2, 0.25) is 5.91 Å². The van der Waals surface area contributed by atoms with Crippen molar-refractivity contribution >= 4 is 11.7 Å². The monoisotopic (exact) mass is 255 g/mol. The van der Waals surface area contributed by atoms with Crippen LogP contribution >= 0.6 is 0 Å². The summed E-state index contributed by atoms with van der Waals surface area (Å²) in [5, 5.41) is 2.92. The molecule has 0 aromatic heterocycles. The molecule has 0 saturated carbocycles. The zero-order chi connectivity index (χ0) is 14.4. The van der Waals surface area contributed by atoms with Crippen molar-refractivity contribution in [2.24, 2.45) is 5.41 Å². The predicted octanol–water partition coefficient (Wildman–Crippen LogP) is 3.47. The molecule has 106 valence electrons. The summed E-state index contributed by atoms with van der Waals surface area (Å²) in [4.78, 5) is 23.2. The van der Waals surface area contributed by atoms with E-state index < -0.39 is 0 Å². The van der Waals surface area contributed by atoms with Crippen LogP contribution in [-0.2, 0) is 9.59 Å². The van der Waals surface area contributed by atoms with Crippen molar-refractivity contribution in [2.45, 2.75) is 79.2 Å². The van der Waals surface area contributed by atoms with Gasteiger partial charge in [0.1, 0.15) is 5.78 Å². The molecular formula is C15H29NO2. The molecule has 3 nitrogen and oxygen atoms in total. The van der Waals surface area contributed by atoms with Crippen LogP contribution in [0.3, 0.4) is 0 Å². The van der Waals surface area contributed by atoms with E-state index in [1.54, 1.807) is 0 Å². The summed E-state index contributed by atoms with van der Waals surface area (Å²) in [5.74, 6) is 0.379. The van der Waals surface area contributed by atoms with Gasteiger partial charge in [0.05, 0.1) is 0 Å². The molecule has 0 heterocycles. The maximum absolute atomic E-state index is 11.6. The van der Waals surface area contributed by atoms with Crippen LogP contribution in [0.1, 0.15) is 73.6 Å². The smallest absolute Gasteiger partial charge is 0.220 e. The van der Waals surface area contributed by atoms with E-state index in [-0.39, 0.29) is 16.9 Å². The van der Waals surface area contributed by atoms with E-state index in [0.717, 1.165) is 12.8 Å². The van der Waals surface area contributed by atoms with Gasteiger partial charge in [-0.3, -0.25) is 9.59 Å². The van der Waals surface area contributed by atoms with Crippen LogP contribution in [-0.4, -0.2) is 17.2 Å². The van der Waals surface area contributed by atoms with Crippen LogP contribution in [0.5, 0.6) is 0 Å². The Labute approximate surface area is 112 Å². The highest BCUT2D eigenvalue weighted by molar-refractivity contribution is 5.79. The average Bonchev–Trinajstić information content (AvgIpc) is 2.06. The molecule has 0 aliphatic carbocycles. The van der Waals surface area contributed by atoms with Crippen LogP contribution in [0.25, 0.3) is 0 Å². The average molecular weight is 255 g/mol. The van der Waals surface area contributed by atoms with Crippen LogP contribution in [0, 0.1) is 5.41 Å². The minimum Gasteiger partial charge on any atom is -0.352 e.